The molecule has 0 saturated carbocycles. The van der Waals surface area contributed by atoms with Crippen LogP contribution in [0.15, 0.2) is 36.4 Å². The van der Waals surface area contributed by atoms with E-state index < -0.39 is 0 Å². The van der Waals surface area contributed by atoms with E-state index in [0.717, 1.165) is 5.56 Å². The molecule has 0 heterocycles. The average molecular weight is 401 g/mol. The third-order valence-electron chi connectivity index (χ3n) is 4.42. The fourth-order valence-corrected chi connectivity index (χ4v) is 2.89. The molecule has 7 heteroatoms. The van der Waals surface area contributed by atoms with Gasteiger partial charge in [-0.05, 0) is 42.8 Å². The minimum atomic E-state index is -0.246. The van der Waals surface area contributed by atoms with Gasteiger partial charge in [0.15, 0.2) is 23.0 Å². The van der Waals surface area contributed by atoms with Gasteiger partial charge < -0.3 is 29.0 Å². The predicted molar refractivity (Wildman–Crippen MR) is 111 cm³/mol. The zero-order valence-electron chi connectivity index (χ0n) is 17.6. The molecule has 0 aliphatic rings. The van der Waals surface area contributed by atoms with Crippen LogP contribution in [0.1, 0.15) is 24.1 Å². The zero-order valence-corrected chi connectivity index (χ0v) is 17.6. The summed E-state index contributed by atoms with van der Waals surface area (Å²) in [6.07, 6.45) is 3.11. The van der Waals surface area contributed by atoms with Crippen molar-refractivity contribution in [2.24, 2.45) is 0 Å². The van der Waals surface area contributed by atoms with Crippen molar-refractivity contribution in [3.05, 3.63) is 47.5 Å². The number of hydrogen-bond acceptors (Lipinski definition) is 6. The standard InChI is InChI=1S/C22H27NO6/c1-14(16-8-10-17(25-2)19(13-16)27-4)23-20(24)12-9-15-7-11-18(26-3)22(29-6)21(15)28-5/h7-14H,1-6H3,(H,23,24)/b12-9+. The molecule has 1 atom stereocenters. The molecule has 1 amide bonds. The fourth-order valence-electron chi connectivity index (χ4n) is 2.89. The molecule has 0 radical (unpaired) electrons. The van der Waals surface area contributed by atoms with E-state index in [1.165, 1.54) is 20.3 Å². The summed E-state index contributed by atoms with van der Waals surface area (Å²) >= 11 is 0. The van der Waals surface area contributed by atoms with Crippen molar-refractivity contribution in [3.8, 4) is 28.7 Å². The molecule has 0 aliphatic carbocycles. The Morgan fingerprint density at radius 3 is 2.03 bits per heavy atom. The van der Waals surface area contributed by atoms with Crippen LogP contribution in [0.4, 0.5) is 0 Å². The van der Waals surface area contributed by atoms with Crippen LogP contribution in [0, 0.1) is 0 Å². The van der Waals surface area contributed by atoms with Gasteiger partial charge in [0.2, 0.25) is 11.7 Å². The number of benzene rings is 2. The van der Waals surface area contributed by atoms with Gasteiger partial charge in [-0.25, -0.2) is 0 Å². The van der Waals surface area contributed by atoms with Crippen molar-refractivity contribution in [1.82, 2.24) is 5.32 Å². The summed E-state index contributed by atoms with van der Waals surface area (Å²) in [6, 6.07) is 8.85. The lowest BCUT2D eigenvalue weighted by Crippen LogP contribution is -2.24. The van der Waals surface area contributed by atoms with E-state index in [9.17, 15) is 4.79 Å². The third kappa shape index (κ3) is 5.13. The summed E-state index contributed by atoms with van der Waals surface area (Å²) in [7, 11) is 7.77. The first-order valence-corrected chi connectivity index (χ1v) is 8.98. The van der Waals surface area contributed by atoms with Gasteiger partial charge in [-0.15, -0.1) is 0 Å². The Labute approximate surface area is 171 Å². The van der Waals surface area contributed by atoms with E-state index in [0.29, 0.717) is 34.3 Å². The highest BCUT2D eigenvalue weighted by Crippen LogP contribution is 2.40. The first-order valence-electron chi connectivity index (χ1n) is 8.98. The first kappa shape index (κ1) is 21.9. The first-order chi connectivity index (χ1) is 14.0. The van der Waals surface area contributed by atoms with Gasteiger partial charge in [-0.2, -0.15) is 0 Å². The topological polar surface area (TPSA) is 75.3 Å². The summed E-state index contributed by atoms with van der Waals surface area (Å²) in [5, 5.41) is 2.92. The van der Waals surface area contributed by atoms with Gasteiger partial charge in [0, 0.05) is 11.6 Å². The van der Waals surface area contributed by atoms with Gasteiger partial charge in [-0.3, -0.25) is 4.79 Å². The van der Waals surface area contributed by atoms with Crippen LogP contribution in [0.5, 0.6) is 28.7 Å². The molecule has 2 rings (SSSR count). The van der Waals surface area contributed by atoms with Crippen LogP contribution in [-0.4, -0.2) is 41.5 Å². The van der Waals surface area contributed by atoms with Crippen LogP contribution in [-0.2, 0) is 4.79 Å². The molecule has 0 saturated heterocycles. The van der Waals surface area contributed by atoms with E-state index in [1.807, 2.05) is 19.1 Å². The SMILES string of the molecule is COc1ccc(C(C)NC(=O)/C=C/c2ccc(OC)c(OC)c2OC)cc1OC. The Morgan fingerprint density at radius 2 is 1.45 bits per heavy atom. The Bertz CT molecular complexity index is 878. The average Bonchev–Trinajstić information content (AvgIpc) is 2.75. The van der Waals surface area contributed by atoms with E-state index in [4.69, 9.17) is 23.7 Å². The molecule has 0 fully saturated rings. The largest absolute Gasteiger partial charge is 0.493 e. The highest BCUT2D eigenvalue weighted by atomic mass is 16.5. The quantitative estimate of drug-likeness (QED) is 0.647. The molecule has 0 bridgehead atoms. The second kappa shape index (κ2) is 10.3. The molecular weight excluding hydrogens is 374 g/mol. The molecule has 2 aromatic rings. The number of carbonyl (C=O) groups is 1. The number of rotatable bonds is 9. The normalized spacial score (nSPS) is 11.7. The van der Waals surface area contributed by atoms with E-state index in [1.54, 1.807) is 45.6 Å². The second-order valence-electron chi connectivity index (χ2n) is 6.10. The van der Waals surface area contributed by atoms with Crippen molar-refractivity contribution in [2.75, 3.05) is 35.5 Å². The van der Waals surface area contributed by atoms with E-state index in [-0.39, 0.29) is 11.9 Å². The van der Waals surface area contributed by atoms with Crippen molar-refractivity contribution < 1.29 is 28.5 Å². The second-order valence-corrected chi connectivity index (χ2v) is 6.10. The number of nitrogens with one attached hydrogen (secondary N) is 1. The molecule has 29 heavy (non-hydrogen) atoms. The number of methoxy groups -OCH3 is 5. The maximum atomic E-state index is 12.4. The molecule has 0 spiro atoms. The summed E-state index contributed by atoms with van der Waals surface area (Å²) in [6.45, 7) is 1.89. The van der Waals surface area contributed by atoms with Crippen LogP contribution < -0.4 is 29.0 Å². The maximum absolute atomic E-state index is 12.4. The Morgan fingerprint density at radius 1 is 0.828 bits per heavy atom. The van der Waals surface area contributed by atoms with Crippen LogP contribution in [0.3, 0.4) is 0 Å². The molecule has 1 unspecified atom stereocenters. The van der Waals surface area contributed by atoms with Crippen LogP contribution in [0.2, 0.25) is 0 Å². The monoisotopic (exact) mass is 401 g/mol. The fraction of sp³-hybridized carbons (Fsp3) is 0.318. The Hall–Kier alpha value is -3.35. The smallest absolute Gasteiger partial charge is 0.244 e. The lowest BCUT2D eigenvalue weighted by Gasteiger charge is -2.16. The van der Waals surface area contributed by atoms with E-state index in [2.05, 4.69) is 5.32 Å². The molecule has 0 aliphatic heterocycles. The van der Waals surface area contributed by atoms with Gasteiger partial charge >= 0.3 is 0 Å². The molecule has 156 valence electrons. The number of hydrogen-bond donors (Lipinski definition) is 1. The lowest BCUT2D eigenvalue weighted by molar-refractivity contribution is -0.117. The Balaban J connectivity index is 2.15. The maximum Gasteiger partial charge on any atom is 0.244 e. The molecule has 2 aromatic carbocycles. The Kier molecular flexibility index (Phi) is 7.77. The summed E-state index contributed by atoms with van der Waals surface area (Å²) in [5.74, 6) is 2.50. The van der Waals surface area contributed by atoms with Crippen LogP contribution in [0.25, 0.3) is 6.08 Å². The molecule has 0 aromatic heterocycles. The van der Waals surface area contributed by atoms with E-state index >= 15 is 0 Å². The number of amides is 1. The minimum Gasteiger partial charge on any atom is -0.493 e. The van der Waals surface area contributed by atoms with Crippen molar-refractivity contribution in [1.29, 1.82) is 0 Å². The van der Waals surface area contributed by atoms with Crippen molar-refractivity contribution in [3.63, 3.8) is 0 Å². The minimum absolute atomic E-state index is 0.223. The summed E-state index contributed by atoms with van der Waals surface area (Å²) < 4.78 is 26.6. The molecule has 7 nitrogen and oxygen atoms in total. The van der Waals surface area contributed by atoms with Crippen molar-refractivity contribution in [2.45, 2.75) is 13.0 Å². The van der Waals surface area contributed by atoms with Gasteiger partial charge in [-0.1, -0.05) is 6.07 Å². The van der Waals surface area contributed by atoms with Gasteiger partial charge in [0.05, 0.1) is 41.6 Å². The highest BCUT2D eigenvalue weighted by molar-refractivity contribution is 5.92. The summed E-state index contributed by atoms with van der Waals surface area (Å²) in [4.78, 5) is 12.4. The van der Waals surface area contributed by atoms with Gasteiger partial charge in [0.1, 0.15) is 0 Å². The molecular formula is C22H27NO6. The predicted octanol–water partition coefficient (Wildman–Crippen LogP) is 3.62. The van der Waals surface area contributed by atoms with Crippen LogP contribution >= 0.6 is 0 Å². The number of carbonyl (C=O) groups excluding carboxylic acids is 1. The number of ether oxygens (including phenoxy) is 5. The zero-order chi connectivity index (χ0) is 21.4. The molecule has 1 N–H and O–H groups in total. The third-order valence-corrected chi connectivity index (χ3v) is 4.42. The highest BCUT2D eigenvalue weighted by Gasteiger charge is 2.15. The van der Waals surface area contributed by atoms with Gasteiger partial charge in [0.25, 0.3) is 0 Å². The van der Waals surface area contributed by atoms with Crippen molar-refractivity contribution >= 4 is 12.0 Å². The summed E-state index contributed by atoms with van der Waals surface area (Å²) in [5.41, 5.74) is 1.59. The lowest BCUT2D eigenvalue weighted by atomic mass is 10.1.